The Kier molecular flexibility index (Phi) is 3.94. The minimum Gasteiger partial charge on any atom is -0.444 e. The van der Waals surface area contributed by atoms with Crippen LogP contribution in [0.4, 0.5) is 4.79 Å². The number of aromatic amines is 1. The SMILES string of the molecule is CC(C)(C)OC(=O)N1CCC[C@@H]1c1ccc[nH]c1=S. The van der Waals surface area contributed by atoms with Crippen LogP contribution >= 0.6 is 12.2 Å². The van der Waals surface area contributed by atoms with Crippen LogP contribution in [0.2, 0.25) is 0 Å². The van der Waals surface area contributed by atoms with Crippen molar-refractivity contribution in [2.24, 2.45) is 0 Å². The van der Waals surface area contributed by atoms with Gasteiger partial charge in [0, 0.05) is 18.3 Å². The highest BCUT2D eigenvalue weighted by Gasteiger charge is 2.33. The van der Waals surface area contributed by atoms with E-state index in [2.05, 4.69) is 4.98 Å². The van der Waals surface area contributed by atoms with Gasteiger partial charge in [0.1, 0.15) is 10.2 Å². The molecule has 1 aliphatic heterocycles. The molecule has 5 heteroatoms. The molecule has 2 rings (SSSR count). The molecule has 1 atom stereocenters. The summed E-state index contributed by atoms with van der Waals surface area (Å²) in [6, 6.07) is 3.92. The van der Waals surface area contributed by atoms with Gasteiger partial charge in [-0.05, 0) is 39.7 Å². The van der Waals surface area contributed by atoms with Gasteiger partial charge in [-0.2, -0.15) is 0 Å². The van der Waals surface area contributed by atoms with E-state index in [0.29, 0.717) is 4.64 Å². The third-order valence-corrected chi connectivity index (χ3v) is 3.44. The zero-order valence-electron chi connectivity index (χ0n) is 11.6. The second-order valence-electron chi connectivity index (χ2n) is 5.79. The van der Waals surface area contributed by atoms with Gasteiger partial charge in [0.2, 0.25) is 0 Å². The fourth-order valence-electron chi connectivity index (χ4n) is 2.33. The van der Waals surface area contributed by atoms with Crippen LogP contribution < -0.4 is 0 Å². The highest BCUT2D eigenvalue weighted by atomic mass is 32.1. The Bertz CT molecular complexity index is 519. The Balaban J connectivity index is 2.20. The monoisotopic (exact) mass is 280 g/mol. The third-order valence-electron chi connectivity index (χ3n) is 3.09. The van der Waals surface area contributed by atoms with Gasteiger partial charge in [-0.3, -0.25) is 0 Å². The van der Waals surface area contributed by atoms with Crippen molar-refractivity contribution in [3.63, 3.8) is 0 Å². The van der Waals surface area contributed by atoms with Crippen LogP contribution in [0.15, 0.2) is 18.3 Å². The first-order valence-corrected chi connectivity index (χ1v) is 6.96. The van der Waals surface area contributed by atoms with Gasteiger partial charge in [0.25, 0.3) is 0 Å². The summed E-state index contributed by atoms with van der Waals surface area (Å²) in [4.78, 5) is 17.0. The minimum atomic E-state index is -0.468. The van der Waals surface area contributed by atoms with Crippen LogP contribution in [0, 0.1) is 4.64 Å². The van der Waals surface area contributed by atoms with E-state index in [1.807, 2.05) is 32.9 Å². The Morgan fingerprint density at radius 3 is 2.89 bits per heavy atom. The molecule has 0 spiro atoms. The number of aromatic nitrogens is 1. The smallest absolute Gasteiger partial charge is 0.410 e. The predicted octanol–water partition coefficient (Wildman–Crippen LogP) is 3.82. The lowest BCUT2D eigenvalue weighted by atomic mass is 10.1. The summed E-state index contributed by atoms with van der Waals surface area (Å²) in [6.07, 6.45) is 3.46. The van der Waals surface area contributed by atoms with Gasteiger partial charge in [-0.1, -0.05) is 18.3 Å². The average molecular weight is 280 g/mol. The molecule has 0 saturated carbocycles. The largest absolute Gasteiger partial charge is 0.444 e. The van der Waals surface area contributed by atoms with Crippen molar-refractivity contribution in [2.75, 3.05) is 6.54 Å². The van der Waals surface area contributed by atoms with Gasteiger partial charge in [-0.25, -0.2) is 4.79 Å². The number of H-pyrrole nitrogens is 1. The molecule has 1 N–H and O–H groups in total. The van der Waals surface area contributed by atoms with Crippen LogP contribution in [0.1, 0.15) is 45.2 Å². The molecule has 1 saturated heterocycles. The molecule has 1 aliphatic rings. The quantitative estimate of drug-likeness (QED) is 0.795. The van der Waals surface area contributed by atoms with Crippen molar-refractivity contribution in [2.45, 2.75) is 45.3 Å². The highest BCUT2D eigenvalue weighted by Crippen LogP contribution is 2.33. The van der Waals surface area contributed by atoms with Crippen molar-refractivity contribution < 1.29 is 9.53 Å². The molecule has 4 nitrogen and oxygen atoms in total. The molecular weight excluding hydrogens is 260 g/mol. The molecular formula is C14H20N2O2S. The lowest BCUT2D eigenvalue weighted by Crippen LogP contribution is -2.36. The van der Waals surface area contributed by atoms with Crippen LogP contribution in [0.3, 0.4) is 0 Å². The molecule has 0 radical (unpaired) electrons. The Morgan fingerprint density at radius 2 is 2.26 bits per heavy atom. The summed E-state index contributed by atoms with van der Waals surface area (Å²) < 4.78 is 6.15. The van der Waals surface area contributed by atoms with E-state index in [-0.39, 0.29) is 12.1 Å². The molecule has 0 bridgehead atoms. The molecule has 19 heavy (non-hydrogen) atoms. The molecule has 0 aromatic carbocycles. The van der Waals surface area contributed by atoms with E-state index in [9.17, 15) is 4.79 Å². The maximum Gasteiger partial charge on any atom is 0.410 e. The second-order valence-corrected chi connectivity index (χ2v) is 6.19. The van der Waals surface area contributed by atoms with Crippen LogP contribution in [-0.2, 0) is 4.74 Å². The number of ether oxygens (including phenoxy) is 1. The van der Waals surface area contributed by atoms with Crippen LogP contribution in [0.25, 0.3) is 0 Å². The summed E-state index contributed by atoms with van der Waals surface area (Å²) in [7, 11) is 0. The molecule has 1 amide bonds. The molecule has 2 heterocycles. The number of pyridine rings is 1. The number of amides is 1. The normalized spacial score (nSPS) is 19.5. The number of likely N-dealkylation sites (tertiary alicyclic amines) is 1. The topological polar surface area (TPSA) is 45.3 Å². The number of rotatable bonds is 1. The van der Waals surface area contributed by atoms with Gasteiger partial charge in [-0.15, -0.1) is 0 Å². The minimum absolute atomic E-state index is 0.0276. The van der Waals surface area contributed by atoms with Gasteiger partial charge in [0.15, 0.2) is 0 Å². The zero-order chi connectivity index (χ0) is 14.0. The number of carbonyl (C=O) groups excluding carboxylic acids is 1. The highest BCUT2D eigenvalue weighted by molar-refractivity contribution is 7.71. The van der Waals surface area contributed by atoms with Crippen molar-refractivity contribution >= 4 is 18.3 Å². The first kappa shape index (κ1) is 14.1. The van der Waals surface area contributed by atoms with Gasteiger partial charge in [0.05, 0.1) is 6.04 Å². The maximum absolute atomic E-state index is 12.2. The second kappa shape index (κ2) is 5.33. The number of nitrogens with one attached hydrogen (secondary N) is 1. The van der Waals surface area contributed by atoms with Crippen molar-refractivity contribution in [3.8, 4) is 0 Å². The third kappa shape index (κ3) is 3.35. The van der Waals surface area contributed by atoms with Gasteiger partial charge >= 0.3 is 6.09 Å². The first-order chi connectivity index (χ1) is 8.88. The Labute approximate surface area is 118 Å². The van der Waals surface area contributed by atoms with E-state index >= 15 is 0 Å². The zero-order valence-corrected chi connectivity index (χ0v) is 12.4. The summed E-state index contributed by atoms with van der Waals surface area (Å²) >= 11 is 5.30. The lowest BCUT2D eigenvalue weighted by molar-refractivity contribution is 0.0224. The van der Waals surface area contributed by atoms with E-state index in [4.69, 9.17) is 17.0 Å². The van der Waals surface area contributed by atoms with E-state index in [1.54, 1.807) is 11.1 Å². The fourth-order valence-corrected chi connectivity index (χ4v) is 2.60. The fraction of sp³-hybridized carbons (Fsp3) is 0.571. The molecule has 1 aromatic rings. The van der Waals surface area contributed by atoms with Crippen molar-refractivity contribution in [1.82, 2.24) is 9.88 Å². The van der Waals surface area contributed by atoms with E-state index in [0.717, 1.165) is 24.9 Å². The van der Waals surface area contributed by atoms with Crippen LogP contribution in [0.5, 0.6) is 0 Å². The maximum atomic E-state index is 12.2. The van der Waals surface area contributed by atoms with E-state index in [1.165, 1.54) is 0 Å². The first-order valence-electron chi connectivity index (χ1n) is 6.56. The molecule has 0 aliphatic carbocycles. The Hall–Kier alpha value is -1.36. The number of hydrogen-bond acceptors (Lipinski definition) is 3. The summed E-state index contributed by atoms with van der Waals surface area (Å²) in [6.45, 7) is 6.36. The Morgan fingerprint density at radius 1 is 1.53 bits per heavy atom. The van der Waals surface area contributed by atoms with Crippen LogP contribution in [-0.4, -0.2) is 28.1 Å². The molecule has 104 valence electrons. The number of hydrogen-bond donors (Lipinski definition) is 1. The van der Waals surface area contributed by atoms with Crippen molar-refractivity contribution in [3.05, 3.63) is 28.5 Å². The summed E-state index contributed by atoms with van der Waals surface area (Å²) in [5, 5.41) is 0. The summed E-state index contributed by atoms with van der Waals surface area (Å²) in [5.74, 6) is 0. The lowest BCUT2D eigenvalue weighted by Gasteiger charge is -2.28. The average Bonchev–Trinajstić information content (AvgIpc) is 2.76. The van der Waals surface area contributed by atoms with E-state index < -0.39 is 5.60 Å². The molecule has 1 fully saturated rings. The van der Waals surface area contributed by atoms with Gasteiger partial charge < -0.3 is 14.6 Å². The molecule has 1 aromatic heterocycles. The molecule has 0 unspecified atom stereocenters. The summed E-state index contributed by atoms with van der Waals surface area (Å²) in [5.41, 5.74) is 0.532. The number of carbonyl (C=O) groups is 1. The predicted molar refractivity (Wildman–Crippen MR) is 76.5 cm³/mol. The standard InChI is InChI=1S/C14H20N2O2S/c1-14(2,3)18-13(17)16-9-5-7-11(16)10-6-4-8-15-12(10)19/h4,6,8,11H,5,7,9H2,1-3H3,(H,15,19)/t11-/m1/s1. The number of nitrogens with zero attached hydrogens (tertiary/aromatic N) is 1. The van der Waals surface area contributed by atoms with Crippen molar-refractivity contribution in [1.29, 1.82) is 0 Å².